The minimum Gasteiger partial charge on any atom is -0.399 e. The summed E-state index contributed by atoms with van der Waals surface area (Å²) in [5, 5.41) is 3.62. The molecule has 3 nitrogen and oxygen atoms in total. The molecule has 0 unspecified atom stereocenters. The number of benzene rings is 2. The summed E-state index contributed by atoms with van der Waals surface area (Å²) < 4.78 is 0. The molecule has 0 aliphatic rings. The molecule has 0 bridgehead atoms. The van der Waals surface area contributed by atoms with Crippen molar-refractivity contribution in [3.63, 3.8) is 0 Å². The summed E-state index contributed by atoms with van der Waals surface area (Å²) in [4.78, 5) is 12.1. The Kier molecular flexibility index (Phi) is 4.64. The molecule has 3 N–H and O–H groups in total. The van der Waals surface area contributed by atoms with Gasteiger partial charge in [-0.05, 0) is 54.8 Å². The van der Waals surface area contributed by atoms with E-state index in [1.54, 1.807) is 18.2 Å². The van der Waals surface area contributed by atoms with Crippen molar-refractivity contribution in [3.05, 3.63) is 64.2 Å². The summed E-state index contributed by atoms with van der Waals surface area (Å²) in [6, 6.07) is 12.9. The summed E-state index contributed by atoms with van der Waals surface area (Å²) in [7, 11) is 0. The van der Waals surface area contributed by atoms with E-state index in [1.807, 2.05) is 31.2 Å². The molecule has 0 aromatic heterocycles. The van der Waals surface area contributed by atoms with Gasteiger partial charge in [-0.3, -0.25) is 4.79 Å². The number of carbonyl (C=O) groups is 1. The minimum atomic E-state index is -0.0791. The van der Waals surface area contributed by atoms with E-state index in [4.69, 9.17) is 17.3 Å². The molecule has 0 aliphatic carbocycles. The van der Waals surface area contributed by atoms with E-state index in [1.165, 1.54) is 0 Å². The number of halogens is 1. The van der Waals surface area contributed by atoms with Crippen LogP contribution in [0.1, 0.15) is 21.5 Å². The van der Waals surface area contributed by atoms with Gasteiger partial charge >= 0.3 is 0 Å². The molecule has 2 rings (SSSR count). The number of hydrogen-bond acceptors (Lipinski definition) is 2. The summed E-state index contributed by atoms with van der Waals surface area (Å²) in [5.74, 6) is -0.0791. The average Bonchev–Trinajstić information content (AvgIpc) is 2.38. The van der Waals surface area contributed by atoms with Crippen molar-refractivity contribution in [2.24, 2.45) is 0 Å². The second-order valence-electron chi connectivity index (χ2n) is 4.71. The lowest BCUT2D eigenvalue weighted by molar-refractivity contribution is 0.0953. The highest BCUT2D eigenvalue weighted by Crippen LogP contribution is 2.13. The number of aryl methyl sites for hydroxylation is 1. The Balaban J connectivity index is 1.92. The Morgan fingerprint density at radius 3 is 2.75 bits per heavy atom. The van der Waals surface area contributed by atoms with Crippen molar-refractivity contribution in [2.75, 3.05) is 12.3 Å². The van der Waals surface area contributed by atoms with Crippen molar-refractivity contribution in [2.45, 2.75) is 13.3 Å². The van der Waals surface area contributed by atoms with Crippen molar-refractivity contribution in [1.82, 2.24) is 5.32 Å². The Morgan fingerprint density at radius 1 is 1.25 bits per heavy atom. The van der Waals surface area contributed by atoms with Gasteiger partial charge in [0, 0.05) is 22.8 Å². The molecule has 0 atom stereocenters. The summed E-state index contributed by atoms with van der Waals surface area (Å²) >= 11 is 5.92. The van der Waals surface area contributed by atoms with Gasteiger partial charge < -0.3 is 11.1 Å². The van der Waals surface area contributed by atoms with Gasteiger partial charge in [-0.1, -0.05) is 23.7 Å². The fourth-order valence-corrected chi connectivity index (χ4v) is 2.26. The topological polar surface area (TPSA) is 55.1 Å². The smallest absolute Gasteiger partial charge is 0.251 e. The first-order chi connectivity index (χ1) is 9.56. The zero-order chi connectivity index (χ0) is 14.5. The Bertz CT molecular complexity index is 626. The SMILES string of the molecule is Cc1cc(N)ccc1C(=O)NCCc1cccc(Cl)c1. The second-order valence-corrected chi connectivity index (χ2v) is 5.15. The van der Waals surface area contributed by atoms with E-state index in [0.29, 0.717) is 22.8 Å². The molecule has 1 amide bonds. The Hall–Kier alpha value is -2.00. The van der Waals surface area contributed by atoms with Crippen LogP contribution in [0, 0.1) is 6.92 Å². The summed E-state index contributed by atoms with van der Waals surface area (Å²) in [5.41, 5.74) is 8.98. The van der Waals surface area contributed by atoms with E-state index in [-0.39, 0.29) is 5.91 Å². The monoisotopic (exact) mass is 288 g/mol. The van der Waals surface area contributed by atoms with E-state index in [0.717, 1.165) is 17.5 Å². The minimum absolute atomic E-state index is 0.0791. The van der Waals surface area contributed by atoms with E-state index >= 15 is 0 Å². The van der Waals surface area contributed by atoms with E-state index in [9.17, 15) is 4.79 Å². The Labute approximate surface area is 123 Å². The van der Waals surface area contributed by atoms with Gasteiger partial charge in [-0.2, -0.15) is 0 Å². The van der Waals surface area contributed by atoms with Crippen LogP contribution in [0.15, 0.2) is 42.5 Å². The predicted molar refractivity (Wildman–Crippen MR) is 83.1 cm³/mol. The molecule has 0 spiro atoms. The van der Waals surface area contributed by atoms with Crippen LogP contribution in [0.25, 0.3) is 0 Å². The first kappa shape index (κ1) is 14.4. The lowest BCUT2D eigenvalue weighted by Gasteiger charge is -2.08. The van der Waals surface area contributed by atoms with Crippen LogP contribution < -0.4 is 11.1 Å². The third-order valence-corrected chi connectivity index (χ3v) is 3.32. The normalized spacial score (nSPS) is 10.3. The van der Waals surface area contributed by atoms with Crippen LogP contribution in [0.4, 0.5) is 5.69 Å². The second kappa shape index (κ2) is 6.44. The quantitative estimate of drug-likeness (QED) is 0.849. The lowest BCUT2D eigenvalue weighted by atomic mass is 10.1. The molecule has 0 aliphatic heterocycles. The van der Waals surface area contributed by atoms with Crippen LogP contribution >= 0.6 is 11.6 Å². The first-order valence-corrected chi connectivity index (χ1v) is 6.83. The highest BCUT2D eigenvalue weighted by molar-refractivity contribution is 6.30. The Morgan fingerprint density at radius 2 is 2.05 bits per heavy atom. The van der Waals surface area contributed by atoms with Crippen molar-refractivity contribution < 1.29 is 4.79 Å². The predicted octanol–water partition coefficient (Wildman–Crippen LogP) is 3.20. The molecule has 0 saturated carbocycles. The van der Waals surface area contributed by atoms with Gasteiger partial charge in [-0.15, -0.1) is 0 Å². The van der Waals surface area contributed by atoms with Gasteiger partial charge in [0.15, 0.2) is 0 Å². The van der Waals surface area contributed by atoms with E-state index in [2.05, 4.69) is 5.32 Å². The maximum atomic E-state index is 12.1. The fourth-order valence-electron chi connectivity index (χ4n) is 2.05. The number of hydrogen-bond donors (Lipinski definition) is 2. The molecule has 4 heteroatoms. The molecule has 2 aromatic carbocycles. The molecular formula is C16H17ClN2O. The first-order valence-electron chi connectivity index (χ1n) is 6.45. The molecule has 0 radical (unpaired) electrons. The number of anilines is 1. The lowest BCUT2D eigenvalue weighted by Crippen LogP contribution is -2.26. The maximum Gasteiger partial charge on any atom is 0.251 e. The molecule has 0 fully saturated rings. The fraction of sp³-hybridized carbons (Fsp3) is 0.188. The molecule has 0 saturated heterocycles. The van der Waals surface area contributed by atoms with Crippen LogP contribution in [0.2, 0.25) is 5.02 Å². The summed E-state index contributed by atoms with van der Waals surface area (Å²) in [6.07, 6.45) is 0.750. The van der Waals surface area contributed by atoms with Crippen LogP contribution in [-0.2, 0) is 6.42 Å². The summed E-state index contributed by atoms with van der Waals surface area (Å²) in [6.45, 7) is 2.45. The van der Waals surface area contributed by atoms with E-state index < -0.39 is 0 Å². The van der Waals surface area contributed by atoms with Crippen molar-refractivity contribution in [3.8, 4) is 0 Å². The molecule has 104 valence electrons. The van der Waals surface area contributed by atoms with Crippen molar-refractivity contribution in [1.29, 1.82) is 0 Å². The molecule has 20 heavy (non-hydrogen) atoms. The number of rotatable bonds is 4. The van der Waals surface area contributed by atoms with Gasteiger partial charge in [0.1, 0.15) is 0 Å². The number of nitrogens with two attached hydrogens (primary N) is 1. The van der Waals surface area contributed by atoms with Crippen LogP contribution in [-0.4, -0.2) is 12.5 Å². The number of nitrogen functional groups attached to an aromatic ring is 1. The average molecular weight is 289 g/mol. The van der Waals surface area contributed by atoms with Crippen LogP contribution in [0.3, 0.4) is 0 Å². The molecule has 0 heterocycles. The zero-order valence-corrected chi connectivity index (χ0v) is 12.1. The molecular weight excluding hydrogens is 272 g/mol. The highest BCUT2D eigenvalue weighted by Gasteiger charge is 2.08. The van der Waals surface area contributed by atoms with Gasteiger partial charge in [0.05, 0.1) is 0 Å². The van der Waals surface area contributed by atoms with Gasteiger partial charge in [-0.25, -0.2) is 0 Å². The van der Waals surface area contributed by atoms with Gasteiger partial charge in [0.25, 0.3) is 5.91 Å². The maximum absolute atomic E-state index is 12.1. The van der Waals surface area contributed by atoms with Gasteiger partial charge in [0.2, 0.25) is 0 Å². The number of amides is 1. The standard InChI is InChI=1S/C16H17ClN2O/c1-11-9-14(18)5-6-15(11)16(20)19-8-7-12-3-2-4-13(17)10-12/h2-6,9-10H,7-8,18H2,1H3,(H,19,20). The number of nitrogens with one attached hydrogen (secondary N) is 1. The third-order valence-electron chi connectivity index (χ3n) is 3.08. The highest BCUT2D eigenvalue weighted by atomic mass is 35.5. The van der Waals surface area contributed by atoms with Crippen molar-refractivity contribution >= 4 is 23.2 Å². The molecule has 2 aromatic rings. The zero-order valence-electron chi connectivity index (χ0n) is 11.3. The third kappa shape index (κ3) is 3.75. The number of carbonyl (C=O) groups excluding carboxylic acids is 1. The van der Waals surface area contributed by atoms with Crippen LogP contribution in [0.5, 0.6) is 0 Å². The largest absolute Gasteiger partial charge is 0.399 e.